The van der Waals surface area contributed by atoms with E-state index >= 15 is 0 Å². The van der Waals surface area contributed by atoms with Crippen molar-refractivity contribution in [3.8, 4) is 0 Å². The number of hydrogen-bond donors (Lipinski definition) is 2. The molecule has 0 saturated carbocycles. The van der Waals surface area contributed by atoms with Crippen molar-refractivity contribution < 1.29 is 14.6 Å². The van der Waals surface area contributed by atoms with Crippen molar-refractivity contribution in [1.82, 2.24) is 4.98 Å². The number of hydrogen-bond acceptors (Lipinski definition) is 6. The number of anilines is 3. The Labute approximate surface area is 132 Å². The van der Waals surface area contributed by atoms with Gasteiger partial charge in [0.05, 0.1) is 18.9 Å². The van der Waals surface area contributed by atoms with Gasteiger partial charge in [0, 0.05) is 24.5 Å². The minimum Gasteiger partial charge on any atom is -0.477 e. The fourth-order valence-corrected chi connectivity index (χ4v) is 3.17. The zero-order valence-corrected chi connectivity index (χ0v) is 13.0. The Kier molecular flexibility index (Phi) is 4.26. The summed E-state index contributed by atoms with van der Waals surface area (Å²) in [6, 6.07) is 8.04. The molecule has 1 saturated heterocycles. The number of aryl methyl sites for hydroxylation is 1. The topological polar surface area (TPSA) is 74.7 Å². The Balaban J connectivity index is 1.70. The van der Waals surface area contributed by atoms with Gasteiger partial charge in [0.15, 0.2) is 5.13 Å². The van der Waals surface area contributed by atoms with Gasteiger partial charge in [-0.3, -0.25) is 0 Å². The Morgan fingerprint density at radius 2 is 2.00 bits per heavy atom. The van der Waals surface area contributed by atoms with Crippen LogP contribution in [0.2, 0.25) is 0 Å². The largest absolute Gasteiger partial charge is 0.477 e. The molecule has 1 aliphatic rings. The molecule has 0 spiro atoms. The summed E-state index contributed by atoms with van der Waals surface area (Å²) in [5.41, 5.74) is 2.59. The van der Waals surface area contributed by atoms with Gasteiger partial charge >= 0.3 is 5.97 Å². The van der Waals surface area contributed by atoms with E-state index in [0.717, 1.165) is 49.0 Å². The van der Waals surface area contributed by atoms with E-state index in [1.54, 1.807) is 6.92 Å². The third-order valence-corrected chi connectivity index (χ3v) is 4.55. The summed E-state index contributed by atoms with van der Waals surface area (Å²) in [5, 5.41) is 12.8. The highest BCUT2D eigenvalue weighted by molar-refractivity contribution is 7.17. The van der Waals surface area contributed by atoms with Crippen LogP contribution in [-0.2, 0) is 4.74 Å². The Bertz CT molecular complexity index is 663. The molecule has 6 nitrogen and oxygen atoms in total. The number of aromatic nitrogens is 1. The molecular weight excluding hydrogens is 302 g/mol. The summed E-state index contributed by atoms with van der Waals surface area (Å²) < 4.78 is 5.35. The molecule has 2 heterocycles. The normalized spacial score (nSPS) is 14.9. The van der Waals surface area contributed by atoms with Crippen molar-refractivity contribution in [3.63, 3.8) is 0 Å². The van der Waals surface area contributed by atoms with Gasteiger partial charge in [-0.1, -0.05) is 11.3 Å². The number of carbonyl (C=O) groups is 1. The first kappa shape index (κ1) is 14.8. The molecule has 116 valence electrons. The number of rotatable bonds is 4. The first-order chi connectivity index (χ1) is 10.6. The number of morpholine rings is 1. The average Bonchev–Trinajstić information content (AvgIpc) is 2.90. The van der Waals surface area contributed by atoms with Crippen LogP contribution in [0.4, 0.5) is 16.5 Å². The summed E-state index contributed by atoms with van der Waals surface area (Å²) in [4.78, 5) is 17.8. The molecule has 7 heteroatoms. The van der Waals surface area contributed by atoms with Gasteiger partial charge in [-0.2, -0.15) is 0 Å². The molecule has 22 heavy (non-hydrogen) atoms. The van der Waals surface area contributed by atoms with Crippen LogP contribution in [0.3, 0.4) is 0 Å². The van der Waals surface area contributed by atoms with E-state index in [2.05, 4.69) is 15.2 Å². The number of ether oxygens (including phenoxy) is 1. The zero-order chi connectivity index (χ0) is 15.5. The predicted molar refractivity (Wildman–Crippen MR) is 86.6 cm³/mol. The van der Waals surface area contributed by atoms with Crippen molar-refractivity contribution in [2.45, 2.75) is 6.92 Å². The molecule has 1 aromatic heterocycles. The second-order valence-electron chi connectivity index (χ2n) is 5.01. The monoisotopic (exact) mass is 319 g/mol. The lowest BCUT2D eigenvalue weighted by Crippen LogP contribution is -2.36. The van der Waals surface area contributed by atoms with Crippen LogP contribution in [0.25, 0.3) is 0 Å². The molecule has 0 radical (unpaired) electrons. The van der Waals surface area contributed by atoms with Crippen molar-refractivity contribution in [2.24, 2.45) is 0 Å². The van der Waals surface area contributed by atoms with Crippen molar-refractivity contribution in [1.29, 1.82) is 0 Å². The van der Waals surface area contributed by atoms with E-state index in [9.17, 15) is 4.79 Å². The van der Waals surface area contributed by atoms with Crippen LogP contribution in [0.1, 0.15) is 15.4 Å². The Morgan fingerprint density at radius 1 is 1.32 bits per heavy atom. The third-order valence-electron chi connectivity index (χ3n) is 3.49. The lowest BCUT2D eigenvalue weighted by molar-refractivity contribution is 0.0701. The van der Waals surface area contributed by atoms with E-state index < -0.39 is 5.97 Å². The quantitative estimate of drug-likeness (QED) is 0.902. The molecule has 0 amide bonds. The highest BCUT2D eigenvalue weighted by atomic mass is 32.1. The number of carboxylic acids is 1. The van der Waals surface area contributed by atoms with Crippen LogP contribution in [0, 0.1) is 6.92 Å². The van der Waals surface area contributed by atoms with Crippen LogP contribution in [-0.4, -0.2) is 42.4 Å². The number of nitrogens with one attached hydrogen (secondary N) is 1. The number of aromatic carboxylic acids is 1. The molecule has 1 aromatic carbocycles. The molecule has 0 atom stereocenters. The minimum absolute atomic E-state index is 0.271. The number of thiazole rings is 1. The standard InChI is InChI=1S/C15H17N3O3S/c1-10-13(14(19)20)22-15(16-10)17-11-2-4-12(5-3-11)18-6-8-21-9-7-18/h2-5H,6-9H2,1H3,(H,16,17)(H,19,20). The second kappa shape index (κ2) is 6.33. The van der Waals surface area contributed by atoms with Crippen LogP contribution >= 0.6 is 11.3 Å². The number of nitrogens with zero attached hydrogens (tertiary/aromatic N) is 2. The molecule has 3 rings (SSSR count). The summed E-state index contributed by atoms with van der Waals surface area (Å²) in [5.74, 6) is -0.939. The molecule has 0 aliphatic carbocycles. The zero-order valence-electron chi connectivity index (χ0n) is 12.2. The molecular formula is C15H17N3O3S. The fraction of sp³-hybridized carbons (Fsp3) is 0.333. The van der Waals surface area contributed by atoms with Gasteiger partial charge in [-0.05, 0) is 31.2 Å². The van der Waals surface area contributed by atoms with Gasteiger partial charge in [0.1, 0.15) is 4.88 Å². The summed E-state index contributed by atoms with van der Waals surface area (Å²) in [7, 11) is 0. The van der Waals surface area contributed by atoms with Gasteiger partial charge in [-0.15, -0.1) is 0 Å². The lowest BCUT2D eigenvalue weighted by Gasteiger charge is -2.28. The highest BCUT2D eigenvalue weighted by Gasteiger charge is 2.14. The highest BCUT2D eigenvalue weighted by Crippen LogP contribution is 2.27. The number of carboxylic acid groups (broad SMARTS) is 1. The van der Waals surface area contributed by atoms with E-state index in [1.165, 1.54) is 0 Å². The first-order valence-electron chi connectivity index (χ1n) is 7.04. The minimum atomic E-state index is -0.939. The maximum atomic E-state index is 11.0. The van der Waals surface area contributed by atoms with Crippen molar-refractivity contribution in [3.05, 3.63) is 34.8 Å². The molecule has 1 fully saturated rings. The smallest absolute Gasteiger partial charge is 0.347 e. The van der Waals surface area contributed by atoms with E-state index in [1.807, 2.05) is 24.3 Å². The summed E-state index contributed by atoms with van der Waals surface area (Å²) >= 11 is 1.15. The van der Waals surface area contributed by atoms with E-state index in [0.29, 0.717) is 10.8 Å². The second-order valence-corrected chi connectivity index (χ2v) is 6.01. The van der Waals surface area contributed by atoms with Crippen molar-refractivity contribution >= 4 is 33.8 Å². The van der Waals surface area contributed by atoms with E-state index in [4.69, 9.17) is 9.84 Å². The van der Waals surface area contributed by atoms with Gasteiger partial charge in [0.2, 0.25) is 0 Å². The number of benzene rings is 1. The van der Waals surface area contributed by atoms with Crippen molar-refractivity contribution in [2.75, 3.05) is 36.5 Å². The summed E-state index contributed by atoms with van der Waals surface area (Å²) in [6.07, 6.45) is 0. The van der Waals surface area contributed by atoms with Gasteiger partial charge in [0.25, 0.3) is 0 Å². The molecule has 0 unspecified atom stereocenters. The SMILES string of the molecule is Cc1nc(Nc2ccc(N3CCOCC3)cc2)sc1C(=O)O. The maximum absolute atomic E-state index is 11.0. The molecule has 0 bridgehead atoms. The van der Waals surface area contributed by atoms with Gasteiger partial charge < -0.3 is 20.1 Å². The van der Waals surface area contributed by atoms with Crippen LogP contribution < -0.4 is 10.2 Å². The van der Waals surface area contributed by atoms with Crippen LogP contribution in [0.5, 0.6) is 0 Å². The molecule has 2 aromatic rings. The first-order valence-corrected chi connectivity index (χ1v) is 7.85. The predicted octanol–water partition coefficient (Wildman–Crippen LogP) is 2.73. The third kappa shape index (κ3) is 3.20. The Morgan fingerprint density at radius 3 is 2.59 bits per heavy atom. The van der Waals surface area contributed by atoms with Gasteiger partial charge in [-0.25, -0.2) is 9.78 Å². The lowest BCUT2D eigenvalue weighted by atomic mass is 10.2. The molecule has 2 N–H and O–H groups in total. The Hall–Kier alpha value is -2.12. The fourth-order valence-electron chi connectivity index (χ4n) is 2.35. The average molecular weight is 319 g/mol. The van der Waals surface area contributed by atoms with E-state index in [-0.39, 0.29) is 4.88 Å². The van der Waals surface area contributed by atoms with Crippen LogP contribution in [0.15, 0.2) is 24.3 Å². The maximum Gasteiger partial charge on any atom is 0.347 e. The molecule has 1 aliphatic heterocycles. The summed E-state index contributed by atoms with van der Waals surface area (Å²) in [6.45, 7) is 5.03.